The highest BCUT2D eigenvalue weighted by Crippen LogP contribution is 2.12. The van der Waals surface area contributed by atoms with Crippen molar-refractivity contribution in [1.82, 2.24) is 0 Å². The van der Waals surface area contributed by atoms with Crippen LogP contribution in [0.25, 0.3) is 0 Å². The van der Waals surface area contributed by atoms with Crippen molar-refractivity contribution in [3.8, 4) is 0 Å². The van der Waals surface area contributed by atoms with Crippen molar-refractivity contribution in [3.63, 3.8) is 0 Å². The lowest BCUT2D eigenvalue weighted by atomic mass is 10.2. The average molecular weight is 240 g/mol. The van der Waals surface area contributed by atoms with Crippen LogP contribution in [0.15, 0.2) is 41.8 Å². The second-order valence-corrected chi connectivity index (χ2v) is 5.24. The van der Waals surface area contributed by atoms with Crippen molar-refractivity contribution in [3.05, 3.63) is 47.4 Å². The summed E-state index contributed by atoms with van der Waals surface area (Å²) in [6.45, 7) is 0. The lowest BCUT2D eigenvalue weighted by Gasteiger charge is -1.95. The molecule has 1 aromatic rings. The topological polar surface area (TPSA) is 34.1 Å². The van der Waals surface area contributed by atoms with Gasteiger partial charge in [0.15, 0.2) is 0 Å². The molecular formula is C11H12O2S2. The number of benzene rings is 1. The molecule has 80 valence electrons. The molecule has 0 saturated heterocycles. The van der Waals surface area contributed by atoms with E-state index in [0.717, 1.165) is 11.8 Å². The highest BCUT2D eigenvalue weighted by molar-refractivity contribution is 8.16. The van der Waals surface area contributed by atoms with E-state index in [2.05, 4.69) is 0 Å². The molecule has 0 N–H and O–H groups in total. The Morgan fingerprint density at radius 2 is 2.07 bits per heavy atom. The molecule has 0 aliphatic rings. The van der Waals surface area contributed by atoms with Crippen LogP contribution < -0.4 is 0 Å². The van der Waals surface area contributed by atoms with Crippen LogP contribution in [0.3, 0.4) is 0 Å². The van der Waals surface area contributed by atoms with E-state index in [1.54, 1.807) is 29.9 Å². The first kappa shape index (κ1) is 12.2. The highest BCUT2D eigenvalue weighted by Gasteiger charge is 2.02. The Hall–Kier alpha value is -0.870. The zero-order valence-electron chi connectivity index (χ0n) is 8.38. The minimum absolute atomic E-state index is 0.00809. The van der Waals surface area contributed by atoms with E-state index < -0.39 is 10.8 Å². The van der Waals surface area contributed by atoms with Crippen molar-refractivity contribution in [2.24, 2.45) is 0 Å². The predicted octanol–water partition coefficient (Wildman–Crippen LogP) is 2.45. The minimum atomic E-state index is -0.836. The van der Waals surface area contributed by atoms with E-state index in [-0.39, 0.29) is 5.12 Å². The van der Waals surface area contributed by atoms with Crippen LogP contribution in [0.5, 0.6) is 0 Å². The number of hydrogen-bond donors (Lipinski definition) is 0. The van der Waals surface area contributed by atoms with E-state index in [4.69, 9.17) is 0 Å². The number of carbonyl (C=O) groups is 1. The lowest BCUT2D eigenvalue weighted by Crippen LogP contribution is -1.91. The Bertz CT molecular complexity index is 371. The van der Waals surface area contributed by atoms with Gasteiger partial charge in [-0.05, 0) is 5.41 Å². The van der Waals surface area contributed by atoms with Gasteiger partial charge in [-0.2, -0.15) is 0 Å². The zero-order valence-corrected chi connectivity index (χ0v) is 10.0. The third-order valence-electron chi connectivity index (χ3n) is 1.61. The van der Waals surface area contributed by atoms with Crippen molar-refractivity contribution < 1.29 is 9.00 Å². The molecule has 1 rings (SSSR count). The maximum absolute atomic E-state index is 11.5. The third-order valence-corrected chi connectivity index (χ3v) is 3.05. The monoisotopic (exact) mass is 240 g/mol. The Labute approximate surface area is 96.2 Å². The second-order valence-electron chi connectivity index (χ2n) is 2.88. The Morgan fingerprint density at radius 3 is 2.67 bits per heavy atom. The molecule has 1 atom stereocenters. The van der Waals surface area contributed by atoms with E-state index in [1.807, 2.05) is 18.2 Å². The van der Waals surface area contributed by atoms with Crippen molar-refractivity contribution >= 4 is 27.7 Å². The maximum atomic E-state index is 11.5. The fourth-order valence-corrected chi connectivity index (χ4v) is 2.00. The summed E-state index contributed by atoms with van der Waals surface area (Å²) in [5.74, 6) is 0.495. The first-order valence-corrected chi connectivity index (χ1v) is 7.02. The van der Waals surface area contributed by atoms with Gasteiger partial charge in [0.25, 0.3) is 0 Å². The number of rotatable bonds is 4. The molecule has 4 heteroatoms. The van der Waals surface area contributed by atoms with Crippen LogP contribution in [0.2, 0.25) is 0 Å². The molecule has 0 bridgehead atoms. The molecule has 1 unspecified atom stereocenters. The number of carbonyl (C=O) groups excluding carboxylic acids is 1. The first-order chi connectivity index (χ1) is 7.20. The molecule has 0 saturated carbocycles. The fraction of sp³-hybridized carbons (Fsp3) is 0.182. The summed E-state index contributed by atoms with van der Waals surface area (Å²) in [6.07, 6.45) is 3.38. The van der Waals surface area contributed by atoms with Gasteiger partial charge in [-0.1, -0.05) is 48.2 Å². The smallest absolute Gasteiger partial charge is 0.223 e. The van der Waals surface area contributed by atoms with Gasteiger partial charge >= 0.3 is 0 Å². The van der Waals surface area contributed by atoms with Crippen molar-refractivity contribution in [1.29, 1.82) is 0 Å². The molecule has 0 aromatic heterocycles. The first-order valence-electron chi connectivity index (χ1n) is 4.41. The van der Waals surface area contributed by atoms with Gasteiger partial charge in [-0.25, -0.2) is 0 Å². The highest BCUT2D eigenvalue weighted by atomic mass is 32.2. The van der Waals surface area contributed by atoms with E-state index in [9.17, 15) is 9.00 Å². The largest absolute Gasteiger partial charge is 0.281 e. The van der Waals surface area contributed by atoms with Crippen LogP contribution in [0.1, 0.15) is 10.4 Å². The molecule has 0 aliphatic heterocycles. The Kier molecular flexibility index (Phi) is 5.36. The number of hydrogen-bond acceptors (Lipinski definition) is 3. The Morgan fingerprint density at radius 1 is 1.40 bits per heavy atom. The maximum Gasteiger partial charge on any atom is 0.223 e. The molecule has 15 heavy (non-hydrogen) atoms. The molecule has 0 radical (unpaired) electrons. The quantitative estimate of drug-likeness (QED) is 0.810. The van der Waals surface area contributed by atoms with Gasteiger partial charge in [-0.15, -0.1) is 0 Å². The molecular weight excluding hydrogens is 228 g/mol. The van der Waals surface area contributed by atoms with E-state index in [0.29, 0.717) is 11.3 Å². The number of thioether (sulfide) groups is 1. The van der Waals surface area contributed by atoms with Gasteiger partial charge in [0, 0.05) is 28.4 Å². The van der Waals surface area contributed by atoms with E-state index in [1.165, 1.54) is 0 Å². The summed E-state index contributed by atoms with van der Waals surface area (Å²) < 4.78 is 10.7. The van der Waals surface area contributed by atoms with Gasteiger partial charge in [0.2, 0.25) is 5.12 Å². The lowest BCUT2D eigenvalue weighted by molar-refractivity contribution is 0.109. The van der Waals surface area contributed by atoms with Crippen molar-refractivity contribution in [2.75, 3.05) is 12.0 Å². The van der Waals surface area contributed by atoms with Crippen LogP contribution in [0, 0.1) is 0 Å². The van der Waals surface area contributed by atoms with Crippen LogP contribution in [0.4, 0.5) is 0 Å². The second kappa shape index (κ2) is 6.58. The zero-order chi connectivity index (χ0) is 11.1. The van der Waals surface area contributed by atoms with Crippen LogP contribution >= 0.6 is 11.8 Å². The van der Waals surface area contributed by atoms with E-state index >= 15 is 0 Å². The van der Waals surface area contributed by atoms with Gasteiger partial charge < -0.3 is 0 Å². The summed E-state index contributed by atoms with van der Waals surface area (Å²) in [6, 6.07) is 9.09. The SMILES string of the molecule is CS(=O)C/C=C\SC(=O)c1ccccc1. The standard InChI is InChI=1S/C11H12O2S2/c1-15(13)9-5-8-14-11(12)10-6-3-2-4-7-10/h2-8H,9H2,1H3/b8-5-. The summed E-state index contributed by atoms with van der Waals surface area (Å²) in [5, 5.41) is 1.70. The fourth-order valence-electron chi connectivity index (χ4n) is 0.927. The average Bonchev–Trinajstić information content (AvgIpc) is 2.25. The summed E-state index contributed by atoms with van der Waals surface area (Å²) in [7, 11) is -0.836. The Balaban J connectivity index is 2.44. The molecule has 1 aromatic carbocycles. The van der Waals surface area contributed by atoms with Crippen LogP contribution in [-0.2, 0) is 10.8 Å². The molecule has 0 heterocycles. The van der Waals surface area contributed by atoms with Gasteiger partial charge in [-0.3, -0.25) is 9.00 Å². The van der Waals surface area contributed by atoms with Gasteiger partial charge in [0.05, 0.1) is 0 Å². The molecule has 0 aliphatic carbocycles. The summed E-state index contributed by atoms with van der Waals surface area (Å²) >= 11 is 1.12. The van der Waals surface area contributed by atoms with Gasteiger partial charge in [0.1, 0.15) is 0 Å². The van der Waals surface area contributed by atoms with Crippen LogP contribution in [-0.4, -0.2) is 21.3 Å². The minimum Gasteiger partial charge on any atom is -0.281 e. The predicted molar refractivity (Wildman–Crippen MR) is 66.4 cm³/mol. The summed E-state index contributed by atoms with van der Waals surface area (Å²) in [5.41, 5.74) is 0.685. The molecule has 2 nitrogen and oxygen atoms in total. The third kappa shape index (κ3) is 4.95. The molecule has 0 amide bonds. The molecule has 0 fully saturated rings. The molecule has 0 spiro atoms. The van der Waals surface area contributed by atoms with Crippen molar-refractivity contribution in [2.45, 2.75) is 0 Å². The summed E-state index contributed by atoms with van der Waals surface area (Å²) in [4.78, 5) is 11.5. The normalized spacial score (nSPS) is 12.9.